The van der Waals surface area contributed by atoms with Crippen LogP contribution >= 0.6 is 0 Å². The van der Waals surface area contributed by atoms with Gasteiger partial charge in [-0.2, -0.15) is 0 Å². The predicted octanol–water partition coefficient (Wildman–Crippen LogP) is 5.66. The number of aromatic nitrogens is 1. The van der Waals surface area contributed by atoms with Gasteiger partial charge in [0.2, 0.25) is 0 Å². The summed E-state index contributed by atoms with van der Waals surface area (Å²) < 4.78 is 13.0. The van der Waals surface area contributed by atoms with Gasteiger partial charge in [0, 0.05) is 18.1 Å². The molecule has 0 aliphatic carbocycles. The van der Waals surface area contributed by atoms with Gasteiger partial charge in [0.1, 0.15) is 6.61 Å². The minimum Gasteiger partial charge on any atom is -0.493 e. The summed E-state index contributed by atoms with van der Waals surface area (Å²) in [6.45, 7) is 1.34. The van der Waals surface area contributed by atoms with Gasteiger partial charge in [0.25, 0.3) is 0 Å². The lowest BCUT2D eigenvalue weighted by Gasteiger charge is -2.26. The number of carbonyl (C=O) groups is 1. The smallest absolute Gasteiger partial charge is 0.415 e. The Hall–Kier alpha value is -4.03. The molecule has 1 atom stereocenters. The molecule has 1 unspecified atom stereocenters. The first kappa shape index (κ1) is 21.8. The van der Waals surface area contributed by atoms with Gasteiger partial charge in [0.15, 0.2) is 11.5 Å². The molecule has 0 spiro atoms. The van der Waals surface area contributed by atoms with Crippen molar-refractivity contribution in [2.24, 2.45) is 0 Å². The van der Waals surface area contributed by atoms with Crippen LogP contribution in [0.2, 0.25) is 0 Å². The molecule has 172 valence electrons. The van der Waals surface area contributed by atoms with E-state index in [1.807, 2.05) is 60.7 Å². The summed E-state index contributed by atoms with van der Waals surface area (Å²) in [6.07, 6.45) is 5.67. The highest BCUT2D eigenvalue weighted by atomic mass is 16.5. The molecule has 1 aromatic heterocycles. The van der Waals surface area contributed by atoms with E-state index in [0.29, 0.717) is 17.9 Å². The average molecular weight is 455 g/mol. The van der Waals surface area contributed by atoms with Gasteiger partial charge < -0.3 is 19.9 Å². The number of nitrogens with one attached hydrogen (secondary N) is 1. The zero-order valence-electron chi connectivity index (χ0n) is 18.9. The maximum atomic E-state index is 11.5. The first-order valence-electron chi connectivity index (χ1n) is 11.3. The van der Waals surface area contributed by atoms with Gasteiger partial charge in [0.05, 0.1) is 18.7 Å². The van der Waals surface area contributed by atoms with E-state index in [1.54, 1.807) is 13.3 Å². The van der Waals surface area contributed by atoms with Crippen molar-refractivity contribution < 1.29 is 19.4 Å². The van der Waals surface area contributed by atoms with Crippen LogP contribution < -0.4 is 14.8 Å². The Morgan fingerprint density at radius 3 is 2.76 bits per heavy atom. The molecule has 0 amide bonds. The quantitative estimate of drug-likeness (QED) is 0.394. The maximum absolute atomic E-state index is 11.5. The number of rotatable bonds is 6. The second-order valence-corrected chi connectivity index (χ2v) is 8.27. The van der Waals surface area contributed by atoms with Crippen molar-refractivity contribution in [3.8, 4) is 11.5 Å². The van der Waals surface area contributed by atoms with Gasteiger partial charge in [-0.05, 0) is 52.9 Å². The number of ether oxygens (including phenoxy) is 2. The summed E-state index contributed by atoms with van der Waals surface area (Å²) in [5.74, 6) is 1.45. The fraction of sp³-hybridized carbons (Fsp3) is 0.179. The Kier molecular flexibility index (Phi) is 6.06. The van der Waals surface area contributed by atoms with Gasteiger partial charge in [-0.15, -0.1) is 0 Å². The van der Waals surface area contributed by atoms with Gasteiger partial charge >= 0.3 is 6.09 Å². The van der Waals surface area contributed by atoms with Crippen molar-refractivity contribution in [2.75, 3.05) is 13.7 Å². The standard InChI is InChI=1S/C28H26N2O4/c1-33-26-17-23-21(16-27(26)34-18-19-6-3-2-4-7-19)12-14-29-24(23)11-10-20-8-5-9-25-22(20)13-15-30(25)28(31)32/h2-11,13,15-17,24,29H,12,14,18H2,1H3,(H,31,32). The molecule has 6 heteroatoms. The van der Waals surface area contributed by atoms with Crippen molar-refractivity contribution in [3.63, 3.8) is 0 Å². The second kappa shape index (κ2) is 9.45. The first-order valence-corrected chi connectivity index (χ1v) is 11.3. The van der Waals surface area contributed by atoms with Crippen molar-refractivity contribution in [2.45, 2.75) is 19.1 Å². The molecule has 0 fully saturated rings. The molecule has 1 aliphatic rings. The molecule has 0 bridgehead atoms. The largest absolute Gasteiger partial charge is 0.493 e. The number of fused-ring (bicyclic) bond motifs is 2. The Morgan fingerprint density at radius 1 is 1.12 bits per heavy atom. The van der Waals surface area contributed by atoms with E-state index in [4.69, 9.17) is 9.47 Å². The number of carboxylic acid groups (broad SMARTS) is 1. The molecule has 0 saturated carbocycles. The van der Waals surface area contributed by atoms with Crippen molar-refractivity contribution in [3.05, 3.63) is 101 Å². The van der Waals surface area contributed by atoms with Crippen LogP contribution in [0.3, 0.4) is 0 Å². The Bertz CT molecular complexity index is 1360. The zero-order chi connectivity index (χ0) is 23.5. The summed E-state index contributed by atoms with van der Waals surface area (Å²) in [5, 5.41) is 13.9. The minimum atomic E-state index is -0.989. The molecular weight excluding hydrogens is 428 g/mol. The third-order valence-electron chi connectivity index (χ3n) is 6.20. The van der Waals surface area contributed by atoms with E-state index in [9.17, 15) is 9.90 Å². The van der Waals surface area contributed by atoms with Gasteiger partial charge in [-0.3, -0.25) is 4.57 Å². The van der Waals surface area contributed by atoms with E-state index in [1.165, 1.54) is 10.1 Å². The fourth-order valence-corrected chi connectivity index (χ4v) is 4.48. The van der Waals surface area contributed by atoms with Crippen LogP contribution in [0.25, 0.3) is 17.0 Å². The summed E-state index contributed by atoms with van der Waals surface area (Å²) in [7, 11) is 1.66. The Labute approximate surface area is 198 Å². The molecule has 1 aliphatic heterocycles. The lowest BCUT2D eigenvalue weighted by Crippen LogP contribution is -2.28. The normalized spacial score (nSPS) is 15.4. The average Bonchev–Trinajstić information content (AvgIpc) is 3.31. The molecule has 3 aromatic carbocycles. The number of nitrogens with zero attached hydrogens (tertiary/aromatic N) is 1. The zero-order valence-corrected chi connectivity index (χ0v) is 18.9. The monoisotopic (exact) mass is 454 g/mol. The molecule has 0 saturated heterocycles. The van der Waals surface area contributed by atoms with Crippen LogP contribution in [0.15, 0.2) is 79.0 Å². The molecule has 2 heterocycles. The number of hydrogen-bond acceptors (Lipinski definition) is 4. The van der Waals surface area contributed by atoms with Crippen LogP contribution in [-0.2, 0) is 13.0 Å². The predicted molar refractivity (Wildman–Crippen MR) is 133 cm³/mol. The highest BCUT2D eigenvalue weighted by molar-refractivity contribution is 5.94. The van der Waals surface area contributed by atoms with Crippen molar-refractivity contribution in [1.82, 2.24) is 9.88 Å². The molecular formula is C28H26N2O4. The van der Waals surface area contributed by atoms with Crippen LogP contribution in [0.4, 0.5) is 4.79 Å². The highest BCUT2D eigenvalue weighted by Crippen LogP contribution is 2.36. The van der Waals surface area contributed by atoms with Crippen molar-refractivity contribution >= 4 is 23.1 Å². The molecule has 34 heavy (non-hydrogen) atoms. The summed E-state index contributed by atoms with van der Waals surface area (Å²) in [6, 6.07) is 21.8. The lowest BCUT2D eigenvalue weighted by molar-refractivity contribution is 0.197. The molecule has 0 radical (unpaired) electrons. The van der Waals surface area contributed by atoms with E-state index >= 15 is 0 Å². The molecule has 5 rings (SSSR count). The lowest BCUT2D eigenvalue weighted by atomic mass is 9.92. The molecule has 4 aromatic rings. The SMILES string of the molecule is COc1cc2c(cc1OCc1ccccc1)CCNC2C=Cc1cccc2c1ccn2C(=O)O. The van der Waals surface area contributed by atoms with Gasteiger partial charge in [-0.1, -0.05) is 54.6 Å². The summed E-state index contributed by atoms with van der Waals surface area (Å²) in [5.41, 5.74) is 5.14. The number of benzene rings is 3. The summed E-state index contributed by atoms with van der Waals surface area (Å²) >= 11 is 0. The first-order chi connectivity index (χ1) is 16.6. The Morgan fingerprint density at radius 2 is 1.97 bits per heavy atom. The highest BCUT2D eigenvalue weighted by Gasteiger charge is 2.21. The van der Waals surface area contributed by atoms with E-state index in [-0.39, 0.29) is 6.04 Å². The topological polar surface area (TPSA) is 72.7 Å². The van der Waals surface area contributed by atoms with Crippen molar-refractivity contribution in [1.29, 1.82) is 0 Å². The minimum absolute atomic E-state index is 0.0117. The van der Waals surface area contributed by atoms with Crippen LogP contribution in [0, 0.1) is 0 Å². The number of hydrogen-bond donors (Lipinski definition) is 2. The third-order valence-corrected chi connectivity index (χ3v) is 6.20. The molecule has 6 nitrogen and oxygen atoms in total. The third kappa shape index (κ3) is 4.28. The van der Waals surface area contributed by atoms with E-state index in [2.05, 4.69) is 23.5 Å². The number of methoxy groups -OCH3 is 1. The van der Waals surface area contributed by atoms with Crippen LogP contribution in [0.5, 0.6) is 11.5 Å². The summed E-state index contributed by atoms with van der Waals surface area (Å²) in [4.78, 5) is 11.5. The fourth-order valence-electron chi connectivity index (χ4n) is 4.48. The van der Waals surface area contributed by atoms with Crippen LogP contribution in [0.1, 0.15) is 28.3 Å². The maximum Gasteiger partial charge on any atom is 0.415 e. The second-order valence-electron chi connectivity index (χ2n) is 8.27. The van der Waals surface area contributed by atoms with Gasteiger partial charge in [-0.25, -0.2) is 4.79 Å². The van der Waals surface area contributed by atoms with Crippen LogP contribution in [-0.4, -0.2) is 29.4 Å². The van der Waals surface area contributed by atoms with E-state index in [0.717, 1.165) is 40.8 Å². The Balaban J connectivity index is 1.42. The molecule has 2 N–H and O–H groups in total. The van der Waals surface area contributed by atoms with E-state index < -0.39 is 6.09 Å².